The molecule has 0 spiro atoms. The molecule has 0 saturated heterocycles. The maximum Gasteiger partial charge on any atom is 0.335 e. The van der Waals surface area contributed by atoms with Crippen molar-refractivity contribution in [3.05, 3.63) is 59.3 Å². The molecule has 0 unspecified atom stereocenters. The molecule has 31 heavy (non-hydrogen) atoms. The molecule has 0 radical (unpaired) electrons. The molecular formula is C25H29NO5. The molecule has 1 fully saturated rings. The minimum Gasteiger partial charge on any atom is -0.493 e. The zero-order chi connectivity index (χ0) is 22.0. The van der Waals surface area contributed by atoms with E-state index in [9.17, 15) is 9.90 Å². The van der Waals surface area contributed by atoms with Crippen LogP contribution in [-0.2, 0) is 4.74 Å². The van der Waals surface area contributed by atoms with E-state index < -0.39 is 5.97 Å². The number of benzene rings is 2. The highest BCUT2D eigenvalue weighted by molar-refractivity contribution is 5.91. The molecular weight excluding hydrogens is 394 g/mol. The summed E-state index contributed by atoms with van der Waals surface area (Å²) in [5.74, 6) is 0.635. The average molecular weight is 424 g/mol. The lowest BCUT2D eigenvalue weighted by Crippen LogP contribution is -2.35. The smallest absolute Gasteiger partial charge is 0.335 e. The largest absolute Gasteiger partial charge is 0.493 e. The number of aromatic nitrogens is 1. The van der Waals surface area contributed by atoms with Crippen molar-refractivity contribution in [1.82, 2.24) is 4.98 Å². The maximum atomic E-state index is 11.3. The Labute approximate surface area is 182 Å². The molecule has 2 aromatic carbocycles. The first-order chi connectivity index (χ1) is 15.0. The molecule has 4 rings (SSSR count). The van der Waals surface area contributed by atoms with Gasteiger partial charge in [0.05, 0.1) is 24.3 Å². The Morgan fingerprint density at radius 3 is 2.65 bits per heavy atom. The molecule has 0 bridgehead atoms. The Hall–Kier alpha value is -2.99. The fourth-order valence-corrected chi connectivity index (χ4v) is 4.63. The maximum absolute atomic E-state index is 11.3. The van der Waals surface area contributed by atoms with Gasteiger partial charge in [0.2, 0.25) is 0 Å². The second kappa shape index (κ2) is 9.02. The van der Waals surface area contributed by atoms with Crippen molar-refractivity contribution in [2.24, 2.45) is 0 Å². The van der Waals surface area contributed by atoms with Gasteiger partial charge in [0.25, 0.3) is 0 Å². The molecule has 1 saturated carbocycles. The number of rotatable bonds is 7. The number of carbonyl (C=O) groups is 1. The van der Waals surface area contributed by atoms with E-state index in [2.05, 4.69) is 4.98 Å². The number of aromatic carboxylic acids is 1. The van der Waals surface area contributed by atoms with Gasteiger partial charge in [-0.3, -0.25) is 0 Å². The van der Waals surface area contributed by atoms with E-state index in [1.807, 2.05) is 44.3 Å². The van der Waals surface area contributed by atoms with Crippen molar-refractivity contribution < 1.29 is 24.1 Å². The van der Waals surface area contributed by atoms with Crippen LogP contribution >= 0.6 is 0 Å². The van der Waals surface area contributed by atoms with E-state index in [-0.39, 0.29) is 23.7 Å². The van der Waals surface area contributed by atoms with Gasteiger partial charge in [-0.05, 0) is 68.5 Å². The first kappa shape index (κ1) is 21.2. The minimum absolute atomic E-state index is 0.0675. The molecule has 2 N–H and O–H groups in total. The van der Waals surface area contributed by atoms with Gasteiger partial charge in [0.1, 0.15) is 6.10 Å². The lowest BCUT2D eigenvalue weighted by Gasteiger charge is -2.36. The van der Waals surface area contributed by atoms with Crippen LogP contribution in [0.25, 0.3) is 10.9 Å². The number of aromatic amines is 1. The lowest BCUT2D eigenvalue weighted by atomic mass is 9.79. The van der Waals surface area contributed by atoms with E-state index in [0.717, 1.165) is 52.8 Å². The molecule has 6 heteroatoms. The van der Waals surface area contributed by atoms with Gasteiger partial charge in [-0.25, -0.2) is 4.79 Å². The third kappa shape index (κ3) is 4.26. The normalized spacial score (nSPS) is 21.2. The highest BCUT2D eigenvalue weighted by Crippen LogP contribution is 2.43. The van der Waals surface area contributed by atoms with Crippen LogP contribution in [0.1, 0.15) is 53.6 Å². The lowest BCUT2D eigenvalue weighted by molar-refractivity contribution is -0.00249. The Balaban J connectivity index is 1.69. The first-order valence-corrected chi connectivity index (χ1v) is 10.8. The number of carboxylic acids is 1. The summed E-state index contributed by atoms with van der Waals surface area (Å²) in [5.41, 5.74) is 3.50. The van der Waals surface area contributed by atoms with Gasteiger partial charge in [-0.2, -0.15) is 0 Å². The topological polar surface area (TPSA) is 80.8 Å². The van der Waals surface area contributed by atoms with Crippen molar-refractivity contribution >= 4 is 16.9 Å². The Morgan fingerprint density at radius 1 is 1.19 bits per heavy atom. The summed E-state index contributed by atoms with van der Waals surface area (Å²) in [4.78, 5) is 14.6. The van der Waals surface area contributed by atoms with Gasteiger partial charge >= 0.3 is 5.97 Å². The van der Waals surface area contributed by atoms with E-state index in [1.165, 1.54) is 0 Å². The van der Waals surface area contributed by atoms with Gasteiger partial charge < -0.3 is 24.3 Å². The van der Waals surface area contributed by atoms with Crippen molar-refractivity contribution in [3.8, 4) is 11.5 Å². The van der Waals surface area contributed by atoms with Gasteiger partial charge in [-0.1, -0.05) is 12.1 Å². The third-order valence-electron chi connectivity index (χ3n) is 6.17. The highest BCUT2D eigenvalue weighted by atomic mass is 16.5. The van der Waals surface area contributed by atoms with Crippen LogP contribution in [0, 0.1) is 6.92 Å². The minimum atomic E-state index is -0.922. The molecule has 3 atom stereocenters. The van der Waals surface area contributed by atoms with Gasteiger partial charge in [0, 0.05) is 24.1 Å². The van der Waals surface area contributed by atoms with E-state index in [0.29, 0.717) is 6.61 Å². The number of nitrogens with one attached hydrogen (secondary N) is 1. The van der Waals surface area contributed by atoms with Crippen molar-refractivity contribution in [2.45, 2.75) is 51.2 Å². The molecule has 1 heterocycles. The fourth-order valence-electron chi connectivity index (χ4n) is 4.63. The summed E-state index contributed by atoms with van der Waals surface area (Å²) in [6.45, 7) is 4.74. The number of fused-ring (bicyclic) bond motifs is 1. The average Bonchev–Trinajstić information content (AvgIpc) is 3.27. The number of methoxy groups -OCH3 is 1. The van der Waals surface area contributed by atoms with E-state index in [1.54, 1.807) is 19.2 Å². The fraction of sp³-hybridized carbons (Fsp3) is 0.400. The molecule has 1 aliphatic carbocycles. The quantitative estimate of drug-likeness (QED) is 0.539. The summed E-state index contributed by atoms with van der Waals surface area (Å²) in [5, 5.41) is 10.2. The standard InChI is InChI=1S/C25H29NO5/c1-4-30-18-9-10-21(20(14-18)16-5-7-17(8-6-16)25(27)28)31-24-19-11-12-26-23(19)15(2)13-22(24)29-3/h5-8,11-13,18,20-21,26H,4,9-10,14H2,1-3H3,(H,27,28)/t18-,20-,21+/m1/s1. The summed E-state index contributed by atoms with van der Waals surface area (Å²) in [7, 11) is 1.66. The monoisotopic (exact) mass is 423 g/mol. The molecule has 1 aromatic heterocycles. The van der Waals surface area contributed by atoms with Crippen LogP contribution < -0.4 is 9.47 Å². The number of hydrogen-bond donors (Lipinski definition) is 2. The summed E-state index contributed by atoms with van der Waals surface area (Å²) >= 11 is 0. The molecule has 164 valence electrons. The molecule has 3 aromatic rings. The predicted molar refractivity (Wildman–Crippen MR) is 119 cm³/mol. The number of carboxylic acid groups (broad SMARTS) is 1. The SMILES string of the molecule is CCO[C@@H]1CC[C@H](Oc2c(OC)cc(C)c3[nH]ccc23)[C@@H](c2ccc(C(=O)O)cc2)C1. The van der Waals surface area contributed by atoms with Gasteiger partial charge in [0.15, 0.2) is 11.5 Å². The molecule has 0 amide bonds. The van der Waals surface area contributed by atoms with Crippen LogP contribution in [0.2, 0.25) is 0 Å². The second-order valence-corrected chi connectivity index (χ2v) is 8.07. The first-order valence-electron chi connectivity index (χ1n) is 10.8. The molecule has 0 aliphatic heterocycles. The summed E-state index contributed by atoms with van der Waals surface area (Å²) < 4.78 is 18.3. The number of hydrogen-bond acceptors (Lipinski definition) is 4. The zero-order valence-electron chi connectivity index (χ0n) is 18.2. The van der Waals surface area contributed by atoms with Crippen LogP contribution in [0.4, 0.5) is 0 Å². The van der Waals surface area contributed by atoms with Crippen LogP contribution in [0.3, 0.4) is 0 Å². The van der Waals surface area contributed by atoms with Crippen molar-refractivity contribution in [1.29, 1.82) is 0 Å². The van der Waals surface area contributed by atoms with Crippen LogP contribution in [0.5, 0.6) is 11.5 Å². The van der Waals surface area contributed by atoms with Crippen LogP contribution in [0.15, 0.2) is 42.6 Å². The van der Waals surface area contributed by atoms with Crippen molar-refractivity contribution in [2.75, 3.05) is 13.7 Å². The summed E-state index contributed by atoms with van der Waals surface area (Å²) in [6.07, 6.45) is 4.61. The van der Waals surface area contributed by atoms with Gasteiger partial charge in [-0.15, -0.1) is 0 Å². The molecule has 1 aliphatic rings. The number of ether oxygens (including phenoxy) is 3. The zero-order valence-corrected chi connectivity index (χ0v) is 18.2. The molecule has 6 nitrogen and oxygen atoms in total. The Morgan fingerprint density at radius 2 is 1.97 bits per heavy atom. The Kier molecular flexibility index (Phi) is 6.18. The highest BCUT2D eigenvalue weighted by Gasteiger charge is 2.34. The predicted octanol–water partition coefficient (Wildman–Crippen LogP) is 5.30. The number of aryl methyl sites for hydroxylation is 1. The van der Waals surface area contributed by atoms with Crippen molar-refractivity contribution in [3.63, 3.8) is 0 Å². The summed E-state index contributed by atoms with van der Waals surface area (Å²) in [6, 6.07) is 11.1. The number of H-pyrrole nitrogens is 1. The second-order valence-electron chi connectivity index (χ2n) is 8.07. The van der Waals surface area contributed by atoms with E-state index >= 15 is 0 Å². The Bertz CT molecular complexity index is 1060. The van der Waals surface area contributed by atoms with Crippen LogP contribution in [-0.4, -0.2) is 42.0 Å². The third-order valence-corrected chi connectivity index (χ3v) is 6.17. The van der Waals surface area contributed by atoms with E-state index in [4.69, 9.17) is 14.2 Å².